The normalized spacial score (nSPS) is 20.6. The summed E-state index contributed by atoms with van der Waals surface area (Å²) < 4.78 is 5.63. The van der Waals surface area contributed by atoms with Crippen molar-refractivity contribution in [2.45, 2.75) is 26.0 Å². The van der Waals surface area contributed by atoms with E-state index in [0.29, 0.717) is 11.6 Å². The molecule has 1 aliphatic heterocycles. The molecule has 0 bridgehead atoms. The maximum Gasteiger partial charge on any atom is 0.147 e. The molecular formula is C12H18ClN3O. The lowest BCUT2D eigenvalue weighted by Gasteiger charge is -2.33. The molecule has 0 aromatic carbocycles. The van der Waals surface area contributed by atoms with Crippen molar-refractivity contribution >= 4 is 17.4 Å². The fourth-order valence-electron chi connectivity index (χ4n) is 1.97. The molecule has 1 atom stereocenters. The van der Waals surface area contributed by atoms with Crippen molar-refractivity contribution in [1.82, 2.24) is 4.98 Å². The molecule has 0 spiro atoms. The molecule has 1 aromatic rings. The number of nitrogens with zero attached hydrogens (tertiary/aromatic N) is 2. The topological polar surface area (TPSA) is 51.4 Å². The number of pyridine rings is 1. The van der Waals surface area contributed by atoms with Crippen molar-refractivity contribution in [3.05, 3.63) is 22.8 Å². The minimum atomic E-state index is 0.274. The molecule has 0 amide bonds. The Balaban J connectivity index is 2.16. The van der Waals surface area contributed by atoms with Crippen LogP contribution >= 0.6 is 11.6 Å². The van der Waals surface area contributed by atoms with Gasteiger partial charge in [-0.3, -0.25) is 0 Å². The zero-order valence-electron chi connectivity index (χ0n) is 10.0. The van der Waals surface area contributed by atoms with E-state index in [9.17, 15) is 0 Å². The van der Waals surface area contributed by atoms with E-state index in [0.717, 1.165) is 37.5 Å². The molecule has 2 rings (SSSR count). The number of aromatic nitrogens is 1. The van der Waals surface area contributed by atoms with E-state index in [4.69, 9.17) is 22.1 Å². The third-order valence-corrected chi connectivity index (χ3v) is 3.29. The standard InChI is InChI=1S/C12H18ClN3O/c1-2-10-8-16(3-4-17-10)12-11(13)5-9(6-14)7-15-12/h5,7,10H,2-4,6,8,14H2,1H3. The highest BCUT2D eigenvalue weighted by atomic mass is 35.5. The molecule has 2 heterocycles. The van der Waals surface area contributed by atoms with Gasteiger partial charge in [0.1, 0.15) is 5.82 Å². The third kappa shape index (κ3) is 2.89. The van der Waals surface area contributed by atoms with Crippen LogP contribution in [-0.2, 0) is 11.3 Å². The predicted molar refractivity (Wildman–Crippen MR) is 69.4 cm³/mol. The predicted octanol–water partition coefficient (Wildman–Crippen LogP) is 1.81. The molecule has 2 N–H and O–H groups in total. The zero-order valence-corrected chi connectivity index (χ0v) is 10.8. The van der Waals surface area contributed by atoms with E-state index >= 15 is 0 Å². The van der Waals surface area contributed by atoms with Gasteiger partial charge >= 0.3 is 0 Å². The summed E-state index contributed by atoms with van der Waals surface area (Å²) in [5, 5.41) is 0.671. The summed E-state index contributed by atoms with van der Waals surface area (Å²) >= 11 is 6.23. The van der Waals surface area contributed by atoms with Crippen LogP contribution in [-0.4, -0.2) is 30.8 Å². The van der Waals surface area contributed by atoms with Gasteiger partial charge in [-0.15, -0.1) is 0 Å². The highest BCUT2D eigenvalue weighted by molar-refractivity contribution is 6.33. The van der Waals surface area contributed by atoms with Gasteiger partial charge in [0.15, 0.2) is 0 Å². The van der Waals surface area contributed by atoms with Gasteiger partial charge < -0.3 is 15.4 Å². The first-order chi connectivity index (χ1) is 8.24. The monoisotopic (exact) mass is 255 g/mol. The first-order valence-corrected chi connectivity index (χ1v) is 6.33. The molecule has 4 nitrogen and oxygen atoms in total. The molecule has 0 aliphatic carbocycles. The number of ether oxygens (including phenoxy) is 1. The number of rotatable bonds is 3. The van der Waals surface area contributed by atoms with Gasteiger partial charge in [0.2, 0.25) is 0 Å². The second kappa shape index (κ2) is 5.67. The van der Waals surface area contributed by atoms with Crippen LogP contribution in [0.3, 0.4) is 0 Å². The molecular weight excluding hydrogens is 238 g/mol. The summed E-state index contributed by atoms with van der Waals surface area (Å²) in [5.74, 6) is 0.839. The molecule has 0 saturated carbocycles. The maximum absolute atomic E-state index is 6.23. The summed E-state index contributed by atoms with van der Waals surface area (Å²) in [7, 11) is 0. The Labute approximate surface area is 107 Å². The molecule has 1 unspecified atom stereocenters. The van der Waals surface area contributed by atoms with Gasteiger partial charge in [-0.1, -0.05) is 18.5 Å². The Morgan fingerprint density at radius 1 is 1.65 bits per heavy atom. The van der Waals surface area contributed by atoms with E-state index in [1.807, 2.05) is 6.07 Å². The van der Waals surface area contributed by atoms with Crippen LogP contribution in [0, 0.1) is 0 Å². The summed E-state index contributed by atoms with van der Waals surface area (Å²) in [6.45, 7) is 5.01. The van der Waals surface area contributed by atoms with Gasteiger partial charge in [0.05, 0.1) is 17.7 Å². The number of hydrogen-bond acceptors (Lipinski definition) is 4. The van der Waals surface area contributed by atoms with Crippen LogP contribution in [0.2, 0.25) is 5.02 Å². The van der Waals surface area contributed by atoms with E-state index < -0.39 is 0 Å². The Morgan fingerprint density at radius 3 is 3.12 bits per heavy atom. The molecule has 1 fully saturated rings. The summed E-state index contributed by atoms with van der Waals surface area (Å²) in [6.07, 6.45) is 3.07. The first kappa shape index (κ1) is 12.6. The van der Waals surface area contributed by atoms with E-state index in [1.165, 1.54) is 0 Å². The van der Waals surface area contributed by atoms with Crippen molar-refractivity contribution in [2.75, 3.05) is 24.6 Å². The minimum absolute atomic E-state index is 0.274. The van der Waals surface area contributed by atoms with Gasteiger partial charge in [-0.25, -0.2) is 4.98 Å². The van der Waals surface area contributed by atoms with Crippen molar-refractivity contribution in [1.29, 1.82) is 0 Å². The van der Waals surface area contributed by atoms with Crippen LogP contribution in [0.1, 0.15) is 18.9 Å². The second-order valence-corrected chi connectivity index (χ2v) is 4.61. The lowest BCUT2D eigenvalue weighted by molar-refractivity contribution is 0.0382. The van der Waals surface area contributed by atoms with Crippen LogP contribution in [0.4, 0.5) is 5.82 Å². The number of morpholine rings is 1. The fraction of sp³-hybridized carbons (Fsp3) is 0.583. The smallest absolute Gasteiger partial charge is 0.147 e. The lowest BCUT2D eigenvalue weighted by atomic mass is 10.2. The van der Waals surface area contributed by atoms with E-state index in [1.54, 1.807) is 6.20 Å². The van der Waals surface area contributed by atoms with E-state index in [2.05, 4.69) is 16.8 Å². The lowest BCUT2D eigenvalue weighted by Crippen LogP contribution is -2.42. The van der Waals surface area contributed by atoms with E-state index in [-0.39, 0.29) is 6.10 Å². The summed E-state index contributed by atoms with van der Waals surface area (Å²) in [4.78, 5) is 6.58. The highest BCUT2D eigenvalue weighted by Crippen LogP contribution is 2.26. The molecule has 1 aliphatic rings. The first-order valence-electron chi connectivity index (χ1n) is 5.95. The van der Waals surface area contributed by atoms with Gasteiger partial charge in [0.25, 0.3) is 0 Å². The van der Waals surface area contributed by atoms with Gasteiger partial charge in [0, 0.05) is 25.8 Å². The van der Waals surface area contributed by atoms with Crippen molar-refractivity contribution in [2.24, 2.45) is 5.73 Å². The zero-order chi connectivity index (χ0) is 12.3. The SMILES string of the molecule is CCC1CN(c2ncc(CN)cc2Cl)CCO1. The van der Waals surface area contributed by atoms with Gasteiger partial charge in [-0.2, -0.15) is 0 Å². The third-order valence-electron chi connectivity index (χ3n) is 3.01. The average molecular weight is 256 g/mol. The van der Waals surface area contributed by atoms with Crippen LogP contribution in [0.15, 0.2) is 12.3 Å². The fourth-order valence-corrected chi connectivity index (χ4v) is 2.28. The Bertz CT molecular complexity index is 386. The molecule has 5 heteroatoms. The van der Waals surface area contributed by atoms with Crippen LogP contribution < -0.4 is 10.6 Å². The molecule has 1 saturated heterocycles. The van der Waals surface area contributed by atoms with Crippen LogP contribution in [0.25, 0.3) is 0 Å². The second-order valence-electron chi connectivity index (χ2n) is 4.20. The molecule has 94 valence electrons. The number of halogens is 1. The van der Waals surface area contributed by atoms with Gasteiger partial charge in [-0.05, 0) is 18.1 Å². The Hall–Kier alpha value is -0.840. The Morgan fingerprint density at radius 2 is 2.47 bits per heavy atom. The Kier molecular flexibility index (Phi) is 4.20. The minimum Gasteiger partial charge on any atom is -0.375 e. The number of anilines is 1. The number of hydrogen-bond donors (Lipinski definition) is 1. The average Bonchev–Trinajstić information content (AvgIpc) is 2.38. The molecule has 17 heavy (non-hydrogen) atoms. The highest BCUT2D eigenvalue weighted by Gasteiger charge is 2.21. The quantitative estimate of drug-likeness (QED) is 0.895. The number of nitrogens with two attached hydrogens (primary N) is 1. The summed E-state index contributed by atoms with van der Waals surface area (Å²) in [6, 6.07) is 1.89. The van der Waals surface area contributed by atoms with Crippen LogP contribution in [0.5, 0.6) is 0 Å². The largest absolute Gasteiger partial charge is 0.375 e. The molecule has 0 radical (unpaired) electrons. The van der Waals surface area contributed by atoms with Crippen molar-refractivity contribution in [3.8, 4) is 0 Å². The van der Waals surface area contributed by atoms with Crippen molar-refractivity contribution in [3.63, 3.8) is 0 Å². The van der Waals surface area contributed by atoms with Crippen molar-refractivity contribution < 1.29 is 4.74 Å². The maximum atomic E-state index is 6.23. The molecule has 1 aromatic heterocycles. The summed E-state index contributed by atoms with van der Waals surface area (Å²) in [5.41, 5.74) is 6.52.